The average molecular weight is 341 g/mol. The Morgan fingerprint density at radius 2 is 1.92 bits per heavy atom. The lowest BCUT2D eigenvalue weighted by atomic mass is 9.85. The topological polar surface area (TPSA) is 60.7 Å². The molecule has 0 saturated heterocycles. The van der Waals surface area contributed by atoms with Crippen molar-refractivity contribution in [2.24, 2.45) is 5.41 Å². The fourth-order valence-electron chi connectivity index (χ4n) is 3.22. The Kier molecular flexibility index (Phi) is 3.42. The van der Waals surface area contributed by atoms with Gasteiger partial charge in [0.15, 0.2) is 0 Å². The predicted octanol–water partition coefficient (Wildman–Crippen LogP) is 3.48. The third-order valence-electron chi connectivity index (χ3n) is 4.60. The van der Waals surface area contributed by atoms with Crippen molar-refractivity contribution < 1.29 is 0 Å². The normalized spacial score (nSPS) is 16.1. The summed E-state index contributed by atoms with van der Waals surface area (Å²) in [6.45, 7) is 5.10. The van der Waals surface area contributed by atoms with Gasteiger partial charge in [0.1, 0.15) is 5.82 Å². The lowest BCUT2D eigenvalue weighted by molar-refractivity contribution is 0.240. The molecule has 4 rings (SSSR count). The first-order chi connectivity index (χ1) is 11.4. The van der Waals surface area contributed by atoms with Gasteiger partial charge in [-0.3, -0.25) is 9.36 Å². The zero-order valence-electron chi connectivity index (χ0n) is 13.6. The van der Waals surface area contributed by atoms with E-state index in [4.69, 9.17) is 16.6 Å². The zero-order chi connectivity index (χ0) is 16.9. The van der Waals surface area contributed by atoms with E-state index in [0.29, 0.717) is 5.39 Å². The van der Waals surface area contributed by atoms with Crippen molar-refractivity contribution >= 4 is 22.5 Å². The van der Waals surface area contributed by atoms with E-state index in [0.717, 1.165) is 41.9 Å². The summed E-state index contributed by atoms with van der Waals surface area (Å²) >= 11 is 5.74. The molecule has 24 heavy (non-hydrogen) atoms. The summed E-state index contributed by atoms with van der Waals surface area (Å²) in [5.74, 6) is 0.872. The van der Waals surface area contributed by atoms with Crippen LogP contribution in [0.2, 0.25) is 5.28 Å². The van der Waals surface area contributed by atoms with Crippen LogP contribution in [0.4, 0.5) is 0 Å². The second kappa shape index (κ2) is 5.38. The number of aromatic nitrogens is 4. The molecule has 3 heterocycles. The lowest BCUT2D eigenvalue weighted by Crippen LogP contribution is -2.36. The molecule has 0 N–H and O–H groups in total. The van der Waals surface area contributed by atoms with Crippen LogP contribution < -0.4 is 5.56 Å². The Morgan fingerprint density at radius 3 is 2.67 bits per heavy atom. The first-order valence-corrected chi connectivity index (χ1v) is 8.32. The van der Waals surface area contributed by atoms with Gasteiger partial charge in [0.05, 0.1) is 10.9 Å². The Balaban J connectivity index is 1.87. The number of benzene rings is 1. The maximum Gasteiger partial charge on any atom is 0.261 e. The van der Waals surface area contributed by atoms with E-state index in [1.54, 1.807) is 12.4 Å². The first-order valence-electron chi connectivity index (χ1n) is 7.94. The fourth-order valence-corrected chi connectivity index (χ4v) is 3.32. The van der Waals surface area contributed by atoms with Gasteiger partial charge in [-0.1, -0.05) is 19.9 Å². The number of halogens is 1. The number of hydrogen-bond donors (Lipinski definition) is 0. The number of hydrogen-bond acceptors (Lipinski definition) is 4. The maximum absolute atomic E-state index is 12.8. The molecule has 122 valence electrons. The van der Waals surface area contributed by atoms with E-state index in [1.165, 1.54) is 0 Å². The Bertz CT molecular complexity index is 992. The molecule has 0 fully saturated rings. The van der Waals surface area contributed by atoms with Gasteiger partial charge in [0.25, 0.3) is 5.56 Å². The van der Waals surface area contributed by atoms with Gasteiger partial charge in [-0.15, -0.1) is 0 Å². The molecular weight excluding hydrogens is 324 g/mol. The molecule has 0 atom stereocenters. The average Bonchev–Trinajstić information content (AvgIpc) is 2.56. The highest BCUT2D eigenvalue weighted by Gasteiger charge is 2.27. The molecule has 1 aliphatic rings. The summed E-state index contributed by atoms with van der Waals surface area (Å²) in [5, 5.41) is 0.864. The molecule has 0 spiro atoms. The summed E-state index contributed by atoms with van der Waals surface area (Å²) in [6.07, 6.45) is 5.21. The van der Waals surface area contributed by atoms with Gasteiger partial charge in [0, 0.05) is 30.9 Å². The van der Waals surface area contributed by atoms with Crippen molar-refractivity contribution in [1.29, 1.82) is 0 Å². The summed E-state index contributed by atoms with van der Waals surface area (Å²) in [4.78, 5) is 25.6. The standard InChI is InChI=1S/C18H17ClN4O/c1-18(2)6-5-15-22-14-7-11(12-8-20-17(19)21-9-12)3-4-13(14)16(24)23(15)10-18/h3-4,7-9H,5-6,10H2,1-2H3. The van der Waals surface area contributed by atoms with Crippen LogP contribution >= 0.6 is 11.6 Å². The smallest absolute Gasteiger partial charge is 0.261 e. The monoisotopic (exact) mass is 340 g/mol. The first kappa shape index (κ1) is 15.3. The molecule has 0 bridgehead atoms. The van der Waals surface area contributed by atoms with E-state index in [1.807, 2.05) is 22.8 Å². The van der Waals surface area contributed by atoms with Gasteiger partial charge in [-0.05, 0) is 41.1 Å². The SMILES string of the molecule is CC1(C)CCc2nc3cc(-c4cnc(Cl)nc4)ccc3c(=O)n2C1. The van der Waals surface area contributed by atoms with Crippen molar-refractivity contribution in [2.45, 2.75) is 33.2 Å². The van der Waals surface area contributed by atoms with Crippen LogP contribution in [0.3, 0.4) is 0 Å². The van der Waals surface area contributed by atoms with Crippen molar-refractivity contribution in [2.75, 3.05) is 0 Å². The number of rotatable bonds is 1. The van der Waals surface area contributed by atoms with E-state index in [9.17, 15) is 4.79 Å². The van der Waals surface area contributed by atoms with Gasteiger partial charge < -0.3 is 0 Å². The van der Waals surface area contributed by atoms with Crippen LogP contribution in [0, 0.1) is 5.41 Å². The molecule has 6 heteroatoms. The minimum absolute atomic E-state index is 0.0432. The van der Waals surface area contributed by atoms with Crippen LogP contribution in [-0.4, -0.2) is 19.5 Å². The van der Waals surface area contributed by atoms with Crippen LogP contribution in [0.25, 0.3) is 22.0 Å². The highest BCUT2D eigenvalue weighted by atomic mass is 35.5. The fraction of sp³-hybridized carbons (Fsp3) is 0.333. The number of fused-ring (bicyclic) bond motifs is 2. The Hall–Kier alpha value is -2.27. The minimum Gasteiger partial charge on any atom is -0.296 e. The van der Waals surface area contributed by atoms with Crippen molar-refractivity contribution in [1.82, 2.24) is 19.5 Å². The summed E-state index contributed by atoms with van der Waals surface area (Å²) in [6, 6.07) is 5.66. The quantitative estimate of drug-likeness (QED) is 0.636. The molecule has 0 amide bonds. The Morgan fingerprint density at radius 1 is 1.17 bits per heavy atom. The van der Waals surface area contributed by atoms with E-state index >= 15 is 0 Å². The van der Waals surface area contributed by atoms with E-state index < -0.39 is 0 Å². The van der Waals surface area contributed by atoms with Crippen LogP contribution in [0.5, 0.6) is 0 Å². The molecule has 0 aliphatic carbocycles. The maximum atomic E-state index is 12.8. The molecule has 1 aliphatic heterocycles. The summed E-state index contributed by atoms with van der Waals surface area (Å²) in [5.41, 5.74) is 2.67. The third-order valence-corrected chi connectivity index (χ3v) is 4.79. The molecule has 0 unspecified atom stereocenters. The van der Waals surface area contributed by atoms with E-state index in [2.05, 4.69) is 23.8 Å². The largest absolute Gasteiger partial charge is 0.296 e. The second-order valence-corrected chi connectivity index (χ2v) is 7.39. The van der Waals surface area contributed by atoms with E-state index in [-0.39, 0.29) is 16.3 Å². The molecule has 0 saturated carbocycles. The Labute approximate surface area is 144 Å². The van der Waals surface area contributed by atoms with Gasteiger partial charge >= 0.3 is 0 Å². The van der Waals surface area contributed by atoms with Gasteiger partial charge in [0.2, 0.25) is 5.28 Å². The zero-order valence-corrected chi connectivity index (χ0v) is 14.3. The highest BCUT2D eigenvalue weighted by molar-refractivity contribution is 6.28. The minimum atomic E-state index is 0.0432. The van der Waals surface area contributed by atoms with Crippen LogP contribution in [0.15, 0.2) is 35.4 Å². The van der Waals surface area contributed by atoms with Crippen molar-refractivity contribution in [3.8, 4) is 11.1 Å². The van der Waals surface area contributed by atoms with Crippen LogP contribution in [-0.2, 0) is 13.0 Å². The number of nitrogens with zero attached hydrogens (tertiary/aromatic N) is 4. The lowest BCUT2D eigenvalue weighted by Gasteiger charge is -2.31. The van der Waals surface area contributed by atoms with Gasteiger partial charge in [-0.2, -0.15) is 0 Å². The molecule has 5 nitrogen and oxygen atoms in total. The third kappa shape index (κ3) is 2.59. The predicted molar refractivity (Wildman–Crippen MR) is 94.1 cm³/mol. The highest BCUT2D eigenvalue weighted by Crippen LogP contribution is 2.30. The molecule has 3 aromatic rings. The summed E-state index contributed by atoms with van der Waals surface area (Å²) < 4.78 is 1.83. The van der Waals surface area contributed by atoms with Crippen LogP contribution in [0.1, 0.15) is 26.1 Å². The van der Waals surface area contributed by atoms with Crippen molar-refractivity contribution in [3.05, 3.63) is 52.1 Å². The molecule has 2 aromatic heterocycles. The summed E-state index contributed by atoms with van der Waals surface area (Å²) in [7, 11) is 0. The second-order valence-electron chi connectivity index (χ2n) is 7.06. The molecular formula is C18H17ClN4O. The van der Waals surface area contributed by atoms with Gasteiger partial charge in [-0.25, -0.2) is 15.0 Å². The van der Waals surface area contributed by atoms with Crippen molar-refractivity contribution in [3.63, 3.8) is 0 Å². The molecule has 1 aromatic carbocycles. The molecule has 0 radical (unpaired) electrons. The number of aryl methyl sites for hydroxylation is 1.